The molecule has 186 valence electrons. The van der Waals surface area contributed by atoms with Crippen molar-refractivity contribution in [3.8, 4) is 0 Å². The molecule has 1 aliphatic heterocycles. The number of aromatic nitrogens is 4. The Balaban J connectivity index is 1.10. The SMILES string of the molecule is CC1(CCCNC(=O)c2cc3ccncc3o2)CCN(C(=O)c2ccccc2Cn2cncn2)CC1. The van der Waals surface area contributed by atoms with Crippen molar-refractivity contribution in [2.24, 2.45) is 5.41 Å². The Morgan fingerprint density at radius 2 is 1.97 bits per heavy atom. The van der Waals surface area contributed by atoms with Crippen molar-refractivity contribution in [1.29, 1.82) is 0 Å². The Bertz CT molecular complexity index is 1310. The summed E-state index contributed by atoms with van der Waals surface area (Å²) in [5.74, 6) is 0.169. The fourth-order valence-corrected chi connectivity index (χ4v) is 4.83. The number of nitrogens with zero attached hydrogens (tertiary/aromatic N) is 5. The number of benzene rings is 1. The Morgan fingerprint density at radius 3 is 2.75 bits per heavy atom. The second-order valence-electron chi connectivity index (χ2n) is 9.74. The number of rotatable bonds is 8. The number of nitrogens with one attached hydrogen (secondary N) is 1. The van der Waals surface area contributed by atoms with Crippen LogP contribution in [0, 0.1) is 5.41 Å². The van der Waals surface area contributed by atoms with E-state index in [2.05, 4.69) is 27.3 Å². The van der Waals surface area contributed by atoms with Gasteiger partial charge in [-0.1, -0.05) is 25.1 Å². The van der Waals surface area contributed by atoms with E-state index in [1.165, 1.54) is 6.33 Å². The van der Waals surface area contributed by atoms with E-state index in [1.54, 1.807) is 29.5 Å². The minimum atomic E-state index is -0.207. The van der Waals surface area contributed by atoms with E-state index in [0.29, 0.717) is 24.4 Å². The predicted molar refractivity (Wildman–Crippen MR) is 134 cm³/mol. The van der Waals surface area contributed by atoms with Crippen LogP contribution >= 0.6 is 0 Å². The van der Waals surface area contributed by atoms with Gasteiger partial charge in [0, 0.05) is 36.8 Å². The molecule has 0 saturated carbocycles. The normalized spacial score (nSPS) is 15.2. The molecule has 0 bridgehead atoms. The predicted octanol–water partition coefficient (Wildman–Crippen LogP) is 3.92. The van der Waals surface area contributed by atoms with E-state index in [1.807, 2.05) is 35.2 Å². The summed E-state index contributed by atoms with van der Waals surface area (Å²) in [6.07, 6.45) is 10.2. The minimum absolute atomic E-state index is 0.0704. The average Bonchev–Trinajstić information content (AvgIpc) is 3.57. The molecule has 36 heavy (non-hydrogen) atoms. The molecule has 4 aromatic rings. The lowest BCUT2D eigenvalue weighted by Gasteiger charge is -2.40. The number of amides is 2. The molecule has 0 radical (unpaired) electrons. The molecule has 9 nitrogen and oxygen atoms in total. The van der Waals surface area contributed by atoms with Crippen LogP contribution < -0.4 is 5.32 Å². The van der Waals surface area contributed by atoms with Crippen LogP contribution in [0.5, 0.6) is 0 Å². The number of hydrogen-bond acceptors (Lipinski definition) is 6. The first-order chi connectivity index (χ1) is 17.5. The number of carbonyl (C=O) groups excluding carboxylic acids is 2. The van der Waals surface area contributed by atoms with Gasteiger partial charge in [-0.05, 0) is 54.9 Å². The summed E-state index contributed by atoms with van der Waals surface area (Å²) in [5, 5.41) is 7.99. The number of pyridine rings is 1. The van der Waals surface area contributed by atoms with Gasteiger partial charge in [-0.3, -0.25) is 14.6 Å². The standard InChI is InChI=1S/C27H30N6O3/c1-27(8-4-11-30-25(34)23-15-20-7-12-28-16-24(20)36-23)9-13-32(14-10-27)26(35)22-6-3-2-5-21(22)17-33-19-29-18-31-33/h2-3,5-7,12,15-16,18-19H,4,8-11,13-14,17H2,1H3,(H,30,34). The Labute approximate surface area is 209 Å². The number of carbonyl (C=O) groups is 2. The molecule has 1 aliphatic rings. The Morgan fingerprint density at radius 1 is 1.14 bits per heavy atom. The van der Waals surface area contributed by atoms with Gasteiger partial charge in [0.05, 0.1) is 12.7 Å². The van der Waals surface area contributed by atoms with Gasteiger partial charge in [-0.25, -0.2) is 9.67 Å². The molecular weight excluding hydrogens is 456 g/mol. The highest BCUT2D eigenvalue weighted by molar-refractivity contribution is 5.96. The highest BCUT2D eigenvalue weighted by Gasteiger charge is 2.32. The zero-order chi connectivity index (χ0) is 25.0. The number of piperidine rings is 1. The first-order valence-corrected chi connectivity index (χ1v) is 12.3. The van der Waals surface area contributed by atoms with E-state index in [0.717, 1.165) is 55.3 Å². The quantitative estimate of drug-likeness (QED) is 0.379. The highest BCUT2D eigenvalue weighted by atomic mass is 16.3. The molecule has 1 saturated heterocycles. The first kappa shape index (κ1) is 23.7. The Hall–Kier alpha value is -4.01. The molecule has 0 atom stereocenters. The smallest absolute Gasteiger partial charge is 0.287 e. The summed E-state index contributed by atoms with van der Waals surface area (Å²) >= 11 is 0. The van der Waals surface area contributed by atoms with Crippen LogP contribution in [-0.4, -0.2) is 56.1 Å². The van der Waals surface area contributed by atoms with Crippen LogP contribution in [0.25, 0.3) is 11.0 Å². The maximum absolute atomic E-state index is 13.3. The van der Waals surface area contributed by atoms with Gasteiger partial charge >= 0.3 is 0 Å². The first-order valence-electron chi connectivity index (χ1n) is 12.3. The lowest BCUT2D eigenvalue weighted by Crippen LogP contribution is -2.42. The largest absolute Gasteiger partial charge is 0.449 e. The molecule has 0 spiro atoms. The third kappa shape index (κ3) is 5.30. The summed E-state index contributed by atoms with van der Waals surface area (Å²) in [7, 11) is 0. The van der Waals surface area contributed by atoms with Crippen molar-refractivity contribution in [1.82, 2.24) is 30.0 Å². The van der Waals surface area contributed by atoms with Crippen molar-refractivity contribution in [3.05, 3.63) is 78.3 Å². The number of fused-ring (bicyclic) bond motifs is 1. The van der Waals surface area contributed by atoms with Crippen molar-refractivity contribution in [2.75, 3.05) is 19.6 Å². The average molecular weight is 487 g/mol. The number of hydrogen-bond donors (Lipinski definition) is 1. The molecule has 4 heterocycles. The molecular formula is C27H30N6O3. The van der Waals surface area contributed by atoms with Crippen molar-refractivity contribution in [2.45, 2.75) is 39.2 Å². The van der Waals surface area contributed by atoms with Crippen LogP contribution in [0.15, 0.2) is 65.9 Å². The van der Waals surface area contributed by atoms with E-state index in [4.69, 9.17) is 4.42 Å². The van der Waals surface area contributed by atoms with Crippen molar-refractivity contribution in [3.63, 3.8) is 0 Å². The van der Waals surface area contributed by atoms with Gasteiger partial charge < -0.3 is 14.6 Å². The number of furan rings is 1. The third-order valence-electron chi connectivity index (χ3n) is 7.09. The summed E-state index contributed by atoms with van der Waals surface area (Å²) in [4.78, 5) is 35.7. The molecule has 1 N–H and O–H groups in total. The molecule has 1 fully saturated rings. The van der Waals surface area contributed by atoms with Crippen LogP contribution in [0.3, 0.4) is 0 Å². The lowest BCUT2D eigenvalue weighted by atomic mass is 9.76. The second kappa shape index (κ2) is 10.3. The van der Waals surface area contributed by atoms with Crippen molar-refractivity contribution < 1.29 is 14.0 Å². The van der Waals surface area contributed by atoms with Crippen LogP contribution in [-0.2, 0) is 6.54 Å². The van der Waals surface area contributed by atoms with Crippen LogP contribution in [0.1, 0.15) is 59.1 Å². The van der Waals surface area contributed by atoms with Crippen LogP contribution in [0.2, 0.25) is 0 Å². The van der Waals surface area contributed by atoms with Gasteiger partial charge in [0.2, 0.25) is 0 Å². The fraction of sp³-hybridized carbons (Fsp3) is 0.370. The van der Waals surface area contributed by atoms with E-state index >= 15 is 0 Å². The van der Waals surface area contributed by atoms with Gasteiger partial charge in [0.25, 0.3) is 11.8 Å². The van der Waals surface area contributed by atoms with E-state index in [9.17, 15) is 9.59 Å². The Kier molecular flexibility index (Phi) is 6.79. The monoisotopic (exact) mass is 486 g/mol. The maximum atomic E-state index is 13.3. The summed E-state index contributed by atoms with van der Waals surface area (Å²) < 4.78 is 7.31. The zero-order valence-electron chi connectivity index (χ0n) is 20.4. The molecule has 9 heteroatoms. The topological polar surface area (TPSA) is 106 Å². The van der Waals surface area contributed by atoms with Gasteiger partial charge in [0.15, 0.2) is 11.3 Å². The lowest BCUT2D eigenvalue weighted by molar-refractivity contribution is 0.0586. The molecule has 0 unspecified atom stereocenters. The summed E-state index contributed by atoms with van der Waals surface area (Å²) in [6.45, 7) is 4.84. The minimum Gasteiger partial charge on any atom is -0.449 e. The zero-order valence-corrected chi connectivity index (χ0v) is 20.4. The second-order valence-corrected chi connectivity index (χ2v) is 9.74. The van der Waals surface area contributed by atoms with Gasteiger partial charge in [0.1, 0.15) is 12.7 Å². The highest BCUT2D eigenvalue weighted by Crippen LogP contribution is 2.36. The van der Waals surface area contributed by atoms with E-state index < -0.39 is 0 Å². The molecule has 2 amide bonds. The maximum Gasteiger partial charge on any atom is 0.287 e. The van der Waals surface area contributed by atoms with E-state index in [-0.39, 0.29) is 17.2 Å². The summed E-state index contributed by atoms with van der Waals surface area (Å²) in [6, 6.07) is 11.3. The van der Waals surface area contributed by atoms with Gasteiger partial charge in [-0.2, -0.15) is 5.10 Å². The third-order valence-corrected chi connectivity index (χ3v) is 7.09. The fourth-order valence-electron chi connectivity index (χ4n) is 4.83. The summed E-state index contributed by atoms with van der Waals surface area (Å²) in [5.41, 5.74) is 2.42. The van der Waals surface area contributed by atoms with Crippen LogP contribution in [0.4, 0.5) is 0 Å². The number of likely N-dealkylation sites (tertiary alicyclic amines) is 1. The molecule has 5 rings (SSSR count). The van der Waals surface area contributed by atoms with Gasteiger partial charge in [-0.15, -0.1) is 0 Å². The molecule has 3 aromatic heterocycles. The van der Waals surface area contributed by atoms with Crippen molar-refractivity contribution >= 4 is 22.8 Å². The molecule has 1 aromatic carbocycles. The molecule has 0 aliphatic carbocycles.